The van der Waals surface area contributed by atoms with Crippen molar-refractivity contribution in [2.24, 2.45) is 0 Å². The molecule has 22 heavy (non-hydrogen) atoms. The van der Waals surface area contributed by atoms with Gasteiger partial charge in [-0.3, -0.25) is 4.79 Å². The summed E-state index contributed by atoms with van der Waals surface area (Å²) in [4.78, 5) is 13.0. The van der Waals surface area contributed by atoms with E-state index < -0.39 is 0 Å². The van der Waals surface area contributed by atoms with Crippen LogP contribution < -0.4 is 5.32 Å². The second-order valence-electron chi connectivity index (χ2n) is 4.32. The Bertz CT molecular complexity index is 604. The molecule has 1 aromatic heterocycles. The standard InChI is InChI=1S/C14H16ClN3OS3/c1-2-8-21-14-18-17-13(22-14)16-12(19)7-9-20-11-5-3-10(15)4-6-11/h3-6H,2,7-9H2,1H3,(H,16,17,19). The summed E-state index contributed by atoms with van der Waals surface area (Å²) in [7, 11) is 0. The molecule has 1 aromatic carbocycles. The van der Waals surface area contributed by atoms with Crippen LogP contribution in [0.2, 0.25) is 5.02 Å². The lowest BCUT2D eigenvalue weighted by Gasteiger charge is -2.02. The zero-order valence-electron chi connectivity index (χ0n) is 12.0. The molecule has 1 amide bonds. The van der Waals surface area contributed by atoms with Crippen LogP contribution in [0.5, 0.6) is 0 Å². The molecule has 8 heteroatoms. The summed E-state index contributed by atoms with van der Waals surface area (Å²) in [5, 5.41) is 12.1. The largest absolute Gasteiger partial charge is 0.300 e. The quantitative estimate of drug-likeness (QED) is 0.531. The van der Waals surface area contributed by atoms with E-state index >= 15 is 0 Å². The fourth-order valence-electron chi connectivity index (χ4n) is 1.48. The monoisotopic (exact) mass is 373 g/mol. The molecule has 0 bridgehead atoms. The van der Waals surface area contributed by atoms with E-state index in [0.717, 1.165) is 26.4 Å². The van der Waals surface area contributed by atoms with E-state index in [2.05, 4.69) is 22.4 Å². The maximum absolute atomic E-state index is 11.9. The van der Waals surface area contributed by atoms with Gasteiger partial charge in [0.1, 0.15) is 0 Å². The molecule has 0 saturated carbocycles. The molecule has 0 spiro atoms. The number of amides is 1. The number of hydrogen-bond acceptors (Lipinski definition) is 6. The molecule has 1 N–H and O–H groups in total. The molecule has 1 heterocycles. The van der Waals surface area contributed by atoms with Gasteiger partial charge in [0, 0.05) is 27.8 Å². The Morgan fingerprint density at radius 3 is 2.73 bits per heavy atom. The molecule has 2 rings (SSSR count). The summed E-state index contributed by atoms with van der Waals surface area (Å²) >= 11 is 10.5. The normalized spacial score (nSPS) is 10.6. The van der Waals surface area contributed by atoms with Gasteiger partial charge in [-0.05, 0) is 30.7 Å². The van der Waals surface area contributed by atoms with Crippen molar-refractivity contribution in [2.45, 2.75) is 29.0 Å². The number of halogens is 1. The summed E-state index contributed by atoms with van der Waals surface area (Å²) < 4.78 is 0.896. The van der Waals surface area contributed by atoms with Crippen LogP contribution in [0.15, 0.2) is 33.5 Å². The van der Waals surface area contributed by atoms with Crippen LogP contribution in [0.1, 0.15) is 19.8 Å². The Kier molecular flexibility index (Phi) is 7.51. The van der Waals surface area contributed by atoms with Crippen molar-refractivity contribution in [3.05, 3.63) is 29.3 Å². The van der Waals surface area contributed by atoms with Crippen molar-refractivity contribution in [1.82, 2.24) is 10.2 Å². The SMILES string of the molecule is CCCSc1nnc(NC(=O)CCSc2ccc(Cl)cc2)s1. The number of aromatic nitrogens is 2. The minimum atomic E-state index is -0.0374. The van der Waals surface area contributed by atoms with Crippen molar-refractivity contribution in [3.8, 4) is 0 Å². The first-order valence-corrected chi connectivity index (χ1v) is 9.98. The van der Waals surface area contributed by atoms with Gasteiger partial charge in [-0.15, -0.1) is 22.0 Å². The van der Waals surface area contributed by atoms with Gasteiger partial charge in [0.25, 0.3) is 0 Å². The van der Waals surface area contributed by atoms with E-state index in [0.29, 0.717) is 17.3 Å². The van der Waals surface area contributed by atoms with Gasteiger partial charge in [0.2, 0.25) is 11.0 Å². The predicted molar refractivity (Wildman–Crippen MR) is 96.3 cm³/mol. The van der Waals surface area contributed by atoms with Gasteiger partial charge >= 0.3 is 0 Å². The van der Waals surface area contributed by atoms with Crippen LogP contribution in [0.4, 0.5) is 5.13 Å². The lowest BCUT2D eigenvalue weighted by molar-refractivity contribution is -0.115. The fourth-order valence-corrected chi connectivity index (χ4v) is 4.15. The zero-order valence-corrected chi connectivity index (χ0v) is 15.2. The van der Waals surface area contributed by atoms with E-state index in [1.807, 2.05) is 24.3 Å². The molecule has 0 atom stereocenters. The first kappa shape index (κ1) is 17.6. The van der Waals surface area contributed by atoms with E-state index in [4.69, 9.17) is 11.6 Å². The van der Waals surface area contributed by atoms with Crippen LogP contribution in [-0.2, 0) is 4.79 Å². The molecular weight excluding hydrogens is 358 g/mol. The second-order valence-corrected chi connectivity index (χ2v) is 8.25. The Hall–Kier alpha value is -0.760. The zero-order chi connectivity index (χ0) is 15.8. The van der Waals surface area contributed by atoms with Crippen molar-refractivity contribution >= 4 is 57.5 Å². The molecule has 0 aliphatic carbocycles. The van der Waals surface area contributed by atoms with Gasteiger partial charge in [-0.1, -0.05) is 41.6 Å². The first-order chi connectivity index (χ1) is 10.7. The summed E-state index contributed by atoms with van der Waals surface area (Å²) in [5.41, 5.74) is 0. The lowest BCUT2D eigenvalue weighted by atomic mass is 10.4. The number of rotatable bonds is 8. The summed E-state index contributed by atoms with van der Waals surface area (Å²) in [5.74, 6) is 1.69. The number of carbonyl (C=O) groups excluding carboxylic acids is 1. The van der Waals surface area contributed by atoms with E-state index in [1.165, 1.54) is 11.3 Å². The highest BCUT2D eigenvalue weighted by Gasteiger charge is 2.08. The topological polar surface area (TPSA) is 54.9 Å². The third-order valence-corrected chi connectivity index (χ3v) is 5.94. The molecule has 2 aromatic rings. The van der Waals surface area contributed by atoms with E-state index in [9.17, 15) is 4.79 Å². The summed E-state index contributed by atoms with van der Waals surface area (Å²) in [6.07, 6.45) is 1.53. The van der Waals surface area contributed by atoms with Crippen LogP contribution >= 0.6 is 46.5 Å². The molecule has 4 nitrogen and oxygen atoms in total. The van der Waals surface area contributed by atoms with Crippen molar-refractivity contribution in [2.75, 3.05) is 16.8 Å². The van der Waals surface area contributed by atoms with E-state index in [1.54, 1.807) is 23.5 Å². The molecule has 0 aliphatic rings. The lowest BCUT2D eigenvalue weighted by Crippen LogP contribution is -2.11. The minimum absolute atomic E-state index is 0.0374. The molecule has 0 radical (unpaired) electrons. The van der Waals surface area contributed by atoms with Crippen molar-refractivity contribution in [1.29, 1.82) is 0 Å². The van der Waals surface area contributed by atoms with Gasteiger partial charge in [0.15, 0.2) is 4.34 Å². The number of hydrogen-bond donors (Lipinski definition) is 1. The van der Waals surface area contributed by atoms with Gasteiger partial charge in [0.05, 0.1) is 0 Å². The Labute approximate surface area is 147 Å². The number of nitrogens with zero attached hydrogens (tertiary/aromatic N) is 2. The van der Waals surface area contributed by atoms with Crippen LogP contribution in [0.25, 0.3) is 0 Å². The summed E-state index contributed by atoms with van der Waals surface area (Å²) in [6.45, 7) is 2.12. The number of benzene rings is 1. The van der Waals surface area contributed by atoms with Crippen LogP contribution in [0, 0.1) is 0 Å². The van der Waals surface area contributed by atoms with Gasteiger partial charge < -0.3 is 5.32 Å². The molecule has 0 unspecified atom stereocenters. The Morgan fingerprint density at radius 2 is 2.00 bits per heavy atom. The smallest absolute Gasteiger partial charge is 0.227 e. The van der Waals surface area contributed by atoms with Gasteiger partial charge in [-0.2, -0.15) is 0 Å². The van der Waals surface area contributed by atoms with Crippen molar-refractivity contribution < 1.29 is 4.79 Å². The maximum atomic E-state index is 11.9. The molecule has 0 aliphatic heterocycles. The van der Waals surface area contributed by atoms with Gasteiger partial charge in [-0.25, -0.2) is 0 Å². The third-order valence-electron chi connectivity index (χ3n) is 2.49. The predicted octanol–water partition coefficient (Wildman–Crippen LogP) is 4.81. The third kappa shape index (κ3) is 6.16. The molecule has 0 fully saturated rings. The highest BCUT2D eigenvalue weighted by Crippen LogP contribution is 2.26. The average molecular weight is 374 g/mol. The minimum Gasteiger partial charge on any atom is -0.300 e. The first-order valence-electron chi connectivity index (χ1n) is 6.82. The number of carbonyl (C=O) groups is 1. The van der Waals surface area contributed by atoms with Crippen molar-refractivity contribution in [3.63, 3.8) is 0 Å². The summed E-state index contributed by atoms with van der Waals surface area (Å²) in [6, 6.07) is 7.60. The average Bonchev–Trinajstić information content (AvgIpc) is 2.94. The molecule has 0 saturated heterocycles. The highest BCUT2D eigenvalue weighted by molar-refractivity contribution is 8.01. The Balaban J connectivity index is 1.71. The van der Waals surface area contributed by atoms with Crippen LogP contribution in [-0.4, -0.2) is 27.6 Å². The van der Waals surface area contributed by atoms with E-state index in [-0.39, 0.29) is 5.91 Å². The molecular formula is C14H16ClN3OS3. The number of thioether (sulfide) groups is 2. The fraction of sp³-hybridized carbons (Fsp3) is 0.357. The Morgan fingerprint density at radius 1 is 1.23 bits per heavy atom. The second kappa shape index (κ2) is 9.39. The maximum Gasteiger partial charge on any atom is 0.227 e. The number of anilines is 1. The molecule has 118 valence electrons. The highest BCUT2D eigenvalue weighted by atomic mass is 35.5. The van der Waals surface area contributed by atoms with Crippen LogP contribution in [0.3, 0.4) is 0 Å². The number of nitrogens with one attached hydrogen (secondary N) is 1.